The number of nitrogens with zero attached hydrogens (tertiary/aromatic N) is 1. The standard InChI is InChI=1S/C11H16N2OS/c12-11-3-1-2-9(13-11)8-15-10-4-6-14-7-5-10/h1-3,10H,4-8H2,(H2,12,13). The molecule has 1 aliphatic heterocycles. The monoisotopic (exact) mass is 224 g/mol. The normalized spacial score (nSPS) is 17.9. The summed E-state index contributed by atoms with van der Waals surface area (Å²) < 4.78 is 5.32. The fourth-order valence-corrected chi connectivity index (χ4v) is 2.72. The quantitative estimate of drug-likeness (QED) is 0.854. The molecule has 2 rings (SSSR count). The van der Waals surface area contributed by atoms with Gasteiger partial charge >= 0.3 is 0 Å². The fourth-order valence-electron chi connectivity index (χ4n) is 1.62. The van der Waals surface area contributed by atoms with Gasteiger partial charge in [0, 0.05) is 24.2 Å². The van der Waals surface area contributed by atoms with E-state index in [4.69, 9.17) is 10.5 Å². The molecule has 1 saturated heterocycles. The van der Waals surface area contributed by atoms with Gasteiger partial charge in [-0.15, -0.1) is 0 Å². The van der Waals surface area contributed by atoms with E-state index >= 15 is 0 Å². The molecule has 4 heteroatoms. The number of ether oxygens (including phenoxy) is 1. The first-order valence-electron chi connectivity index (χ1n) is 5.25. The number of rotatable bonds is 3. The van der Waals surface area contributed by atoms with Crippen molar-refractivity contribution in [3.8, 4) is 0 Å². The molecule has 2 N–H and O–H groups in total. The topological polar surface area (TPSA) is 48.1 Å². The molecule has 0 amide bonds. The maximum Gasteiger partial charge on any atom is 0.123 e. The number of hydrogen-bond donors (Lipinski definition) is 1. The molecule has 0 spiro atoms. The first-order chi connectivity index (χ1) is 7.34. The molecule has 0 aromatic carbocycles. The third kappa shape index (κ3) is 3.39. The van der Waals surface area contributed by atoms with Crippen LogP contribution in [0.15, 0.2) is 18.2 Å². The number of thioether (sulfide) groups is 1. The summed E-state index contributed by atoms with van der Waals surface area (Å²) in [6.07, 6.45) is 2.32. The Bertz CT molecular complexity index is 313. The van der Waals surface area contributed by atoms with E-state index in [0.717, 1.165) is 42.8 Å². The Morgan fingerprint density at radius 3 is 2.93 bits per heavy atom. The molecular formula is C11H16N2OS. The van der Waals surface area contributed by atoms with E-state index in [1.165, 1.54) is 0 Å². The minimum atomic E-state index is 0.611. The summed E-state index contributed by atoms with van der Waals surface area (Å²) in [5, 5.41) is 0.724. The van der Waals surface area contributed by atoms with Gasteiger partial charge in [0.15, 0.2) is 0 Å². The molecular weight excluding hydrogens is 208 g/mol. The number of aromatic nitrogens is 1. The van der Waals surface area contributed by atoms with Gasteiger partial charge in [0.1, 0.15) is 5.82 Å². The van der Waals surface area contributed by atoms with Crippen LogP contribution in [0, 0.1) is 0 Å². The van der Waals surface area contributed by atoms with E-state index in [1.807, 2.05) is 30.0 Å². The van der Waals surface area contributed by atoms with Crippen LogP contribution in [0.3, 0.4) is 0 Å². The van der Waals surface area contributed by atoms with Crippen molar-refractivity contribution in [3.63, 3.8) is 0 Å². The smallest absolute Gasteiger partial charge is 0.123 e. The largest absolute Gasteiger partial charge is 0.384 e. The van der Waals surface area contributed by atoms with Gasteiger partial charge in [-0.3, -0.25) is 0 Å². The highest BCUT2D eigenvalue weighted by molar-refractivity contribution is 7.99. The van der Waals surface area contributed by atoms with Crippen LogP contribution < -0.4 is 5.73 Å². The van der Waals surface area contributed by atoms with Crippen molar-refractivity contribution >= 4 is 17.6 Å². The van der Waals surface area contributed by atoms with Crippen LogP contribution in [-0.4, -0.2) is 23.4 Å². The van der Waals surface area contributed by atoms with Crippen LogP contribution in [0.25, 0.3) is 0 Å². The maximum atomic E-state index is 5.63. The highest BCUT2D eigenvalue weighted by Crippen LogP contribution is 2.24. The van der Waals surface area contributed by atoms with E-state index in [1.54, 1.807) is 0 Å². The SMILES string of the molecule is Nc1cccc(CSC2CCOCC2)n1. The molecule has 15 heavy (non-hydrogen) atoms. The number of anilines is 1. The van der Waals surface area contributed by atoms with Crippen LogP contribution in [0.4, 0.5) is 5.82 Å². The Morgan fingerprint density at radius 1 is 1.40 bits per heavy atom. The van der Waals surface area contributed by atoms with Gasteiger partial charge in [0.2, 0.25) is 0 Å². The summed E-state index contributed by atoms with van der Waals surface area (Å²) >= 11 is 1.96. The molecule has 1 aromatic rings. The zero-order chi connectivity index (χ0) is 10.5. The second-order valence-electron chi connectivity index (χ2n) is 3.68. The van der Waals surface area contributed by atoms with Gasteiger partial charge in [-0.25, -0.2) is 4.98 Å². The molecule has 0 unspecified atom stereocenters. The lowest BCUT2D eigenvalue weighted by Crippen LogP contribution is -2.17. The maximum absolute atomic E-state index is 5.63. The minimum absolute atomic E-state index is 0.611. The van der Waals surface area contributed by atoms with Crippen LogP contribution in [0.1, 0.15) is 18.5 Å². The number of hydrogen-bond acceptors (Lipinski definition) is 4. The van der Waals surface area contributed by atoms with Crippen molar-refractivity contribution in [1.29, 1.82) is 0 Å². The molecule has 0 bridgehead atoms. The Balaban J connectivity index is 1.81. The molecule has 0 aliphatic carbocycles. The van der Waals surface area contributed by atoms with Gasteiger partial charge in [0.05, 0.1) is 5.69 Å². The minimum Gasteiger partial charge on any atom is -0.384 e. The van der Waals surface area contributed by atoms with E-state index in [9.17, 15) is 0 Å². The molecule has 3 nitrogen and oxygen atoms in total. The van der Waals surface area contributed by atoms with Gasteiger partial charge in [0.25, 0.3) is 0 Å². The third-order valence-corrected chi connectivity index (χ3v) is 3.87. The highest BCUT2D eigenvalue weighted by atomic mass is 32.2. The van der Waals surface area contributed by atoms with Crippen molar-refractivity contribution in [2.45, 2.75) is 23.8 Å². The molecule has 0 radical (unpaired) electrons. The third-order valence-electron chi connectivity index (χ3n) is 2.46. The van der Waals surface area contributed by atoms with E-state index in [2.05, 4.69) is 4.98 Å². The average Bonchev–Trinajstić information content (AvgIpc) is 2.28. The molecule has 0 atom stereocenters. The predicted octanol–water partition coefficient (Wildman–Crippen LogP) is 2.08. The Kier molecular flexibility index (Phi) is 3.86. The van der Waals surface area contributed by atoms with Gasteiger partial charge < -0.3 is 10.5 Å². The van der Waals surface area contributed by atoms with Crippen LogP contribution in [-0.2, 0) is 10.5 Å². The summed E-state index contributed by atoms with van der Waals surface area (Å²) in [6.45, 7) is 1.81. The van der Waals surface area contributed by atoms with Crippen molar-refractivity contribution in [1.82, 2.24) is 4.98 Å². The lowest BCUT2D eigenvalue weighted by Gasteiger charge is -2.21. The molecule has 1 aliphatic rings. The molecule has 0 saturated carbocycles. The van der Waals surface area contributed by atoms with Crippen LogP contribution in [0.5, 0.6) is 0 Å². The Labute approximate surface area is 94.4 Å². The van der Waals surface area contributed by atoms with Gasteiger partial charge in [-0.05, 0) is 25.0 Å². The van der Waals surface area contributed by atoms with E-state index in [-0.39, 0.29) is 0 Å². The Morgan fingerprint density at radius 2 is 2.20 bits per heavy atom. The fraction of sp³-hybridized carbons (Fsp3) is 0.545. The zero-order valence-electron chi connectivity index (χ0n) is 8.69. The molecule has 1 aromatic heterocycles. The zero-order valence-corrected chi connectivity index (χ0v) is 9.50. The van der Waals surface area contributed by atoms with Crippen molar-refractivity contribution in [2.24, 2.45) is 0 Å². The first kappa shape index (κ1) is 10.8. The number of nitrogen functional groups attached to an aromatic ring is 1. The first-order valence-corrected chi connectivity index (χ1v) is 6.30. The number of nitrogens with two attached hydrogens (primary N) is 1. The van der Waals surface area contributed by atoms with E-state index < -0.39 is 0 Å². The van der Waals surface area contributed by atoms with Crippen molar-refractivity contribution in [3.05, 3.63) is 23.9 Å². The Hall–Kier alpha value is -0.740. The summed E-state index contributed by atoms with van der Waals surface area (Å²) in [4.78, 5) is 4.28. The summed E-state index contributed by atoms with van der Waals surface area (Å²) in [5.41, 5.74) is 6.70. The van der Waals surface area contributed by atoms with Crippen molar-refractivity contribution < 1.29 is 4.74 Å². The number of pyridine rings is 1. The van der Waals surface area contributed by atoms with Crippen LogP contribution in [0.2, 0.25) is 0 Å². The summed E-state index contributed by atoms with van der Waals surface area (Å²) in [7, 11) is 0. The van der Waals surface area contributed by atoms with E-state index in [0.29, 0.717) is 5.82 Å². The second kappa shape index (κ2) is 5.37. The van der Waals surface area contributed by atoms with Gasteiger partial charge in [-0.2, -0.15) is 11.8 Å². The average molecular weight is 224 g/mol. The van der Waals surface area contributed by atoms with Crippen molar-refractivity contribution in [2.75, 3.05) is 18.9 Å². The summed E-state index contributed by atoms with van der Waals surface area (Å²) in [5.74, 6) is 1.57. The summed E-state index contributed by atoms with van der Waals surface area (Å²) in [6, 6.07) is 5.81. The lowest BCUT2D eigenvalue weighted by molar-refractivity contribution is 0.1000. The van der Waals surface area contributed by atoms with Crippen LogP contribution >= 0.6 is 11.8 Å². The highest BCUT2D eigenvalue weighted by Gasteiger charge is 2.14. The lowest BCUT2D eigenvalue weighted by atomic mass is 10.2. The molecule has 82 valence electrons. The van der Waals surface area contributed by atoms with Gasteiger partial charge in [-0.1, -0.05) is 6.07 Å². The second-order valence-corrected chi connectivity index (χ2v) is 4.97. The molecule has 2 heterocycles. The molecule has 1 fully saturated rings. The predicted molar refractivity (Wildman–Crippen MR) is 63.8 cm³/mol.